The van der Waals surface area contributed by atoms with Crippen LogP contribution in [0, 0.1) is 0 Å². The van der Waals surface area contributed by atoms with Crippen LogP contribution < -0.4 is 0 Å². The second-order valence-electron chi connectivity index (χ2n) is 3.13. The first-order valence-electron chi connectivity index (χ1n) is 4.18. The van der Waals surface area contributed by atoms with Gasteiger partial charge in [0.25, 0.3) is 0 Å². The van der Waals surface area contributed by atoms with Crippen LogP contribution in [-0.4, -0.2) is 5.78 Å². The largest absolute Gasteiger partial charge is 0.289 e. The predicted molar refractivity (Wildman–Crippen MR) is 61.0 cm³/mol. The number of Topliss-reactive ketones (excluding diaryl/α,β-unsaturated/α-hetero) is 1. The Morgan fingerprint density at radius 1 is 1.00 bits per heavy atom. The summed E-state index contributed by atoms with van der Waals surface area (Å²) in [5, 5.41) is 3.97. The molecule has 0 amide bonds. The van der Waals surface area contributed by atoms with E-state index in [2.05, 4.69) is 6.58 Å². The molecule has 0 aliphatic heterocycles. The van der Waals surface area contributed by atoms with Crippen molar-refractivity contribution in [1.29, 1.82) is 0 Å². The van der Waals surface area contributed by atoms with Crippen LogP contribution in [0.1, 0.15) is 15.9 Å². The Bertz CT molecular complexity index is 495. The molecule has 0 bridgehead atoms. The van der Waals surface area contributed by atoms with E-state index in [1.165, 1.54) is 4.88 Å². The molecule has 0 radical (unpaired) electrons. The number of carbonyl (C=O) groups excluding carboxylic acids is 1. The van der Waals surface area contributed by atoms with Gasteiger partial charge in [-0.2, -0.15) is 0 Å². The summed E-state index contributed by atoms with van der Waals surface area (Å²) in [6.45, 7) is 3.85. The predicted octanol–water partition coefficient (Wildman–Crippen LogP) is 3.69. The number of rotatable bonds is 0. The van der Waals surface area contributed by atoms with E-state index in [-0.39, 0.29) is 5.78 Å². The average Bonchev–Trinajstić information content (AvgIpc) is 2.80. The lowest BCUT2D eigenvalue weighted by Crippen LogP contribution is -2.06. The molecule has 0 atom stereocenters. The monoisotopic (exact) mass is 218 g/mol. The fourth-order valence-electron chi connectivity index (χ4n) is 1.67. The summed E-state index contributed by atoms with van der Waals surface area (Å²) < 4.78 is 0. The van der Waals surface area contributed by atoms with E-state index >= 15 is 0 Å². The molecule has 1 aliphatic carbocycles. The van der Waals surface area contributed by atoms with E-state index in [1.54, 1.807) is 22.7 Å². The fourth-order valence-corrected chi connectivity index (χ4v) is 3.68. The van der Waals surface area contributed by atoms with E-state index in [4.69, 9.17) is 0 Å². The molecule has 1 nitrogen and oxygen atoms in total. The van der Waals surface area contributed by atoms with Crippen molar-refractivity contribution in [3.8, 4) is 9.75 Å². The van der Waals surface area contributed by atoms with Gasteiger partial charge in [-0.15, -0.1) is 22.7 Å². The van der Waals surface area contributed by atoms with Gasteiger partial charge >= 0.3 is 0 Å². The highest BCUT2D eigenvalue weighted by molar-refractivity contribution is 7.21. The number of ketones is 1. The van der Waals surface area contributed by atoms with Gasteiger partial charge in [0.05, 0.1) is 9.75 Å². The summed E-state index contributed by atoms with van der Waals surface area (Å²) in [7, 11) is 0. The number of hydrogen-bond acceptors (Lipinski definition) is 3. The molecular formula is C11H6OS2. The van der Waals surface area contributed by atoms with Crippen LogP contribution >= 0.6 is 22.7 Å². The lowest BCUT2D eigenvalue weighted by molar-refractivity contribution is 0.105. The van der Waals surface area contributed by atoms with E-state index in [9.17, 15) is 4.79 Å². The summed E-state index contributed by atoms with van der Waals surface area (Å²) in [5.41, 5.74) is 2.46. The smallest absolute Gasteiger partial charge is 0.194 e. The van der Waals surface area contributed by atoms with Gasteiger partial charge in [0.1, 0.15) is 0 Å². The van der Waals surface area contributed by atoms with Crippen LogP contribution in [0.5, 0.6) is 0 Å². The zero-order chi connectivity index (χ0) is 9.71. The van der Waals surface area contributed by atoms with E-state index < -0.39 is 0 Å². The molecule has 1 aliphatic rings. The van der Waals surface area contributed by atoms with Crippen LogP contribution in [0.4, 0.5) is 0 Å². The van der Waals surface area contributed by atoms with Gasteiger partial charge in [0, 0.05) is 16.7 Å². The van der Waals surface area contributed by atoms with E-state index in [0.717, 1.165) is 16.0 Å². The maximum atomic E-state index is 11.9. The number of hydrogen-bond donors (Lipinski definition) is 0. The van der Waals surface area contributed by atoms with Crippen LogP contribution in [-0.2, 0) is 0 Å². The molecule has 0 spiro atoms. The molecule has 0 unspecified atom stereocenters. The second kappa shape index (κ2) is 2.65. The lowest BCUT2D eigenvalue weighted by atomic mass is 9.93. The minimum absolute atomic E-state index is 0.0761. The highest BCUT2D eigenvalue weighted by atomic mass is 32.1. The maximum Gasteiger partial charge on any atom is 0.194 e. The zero-order valence-corrected chi connectivity index (χ0v) is 8.87. The number of carbonyl (C=O) groups is 1. The normalized spacial score (nSPS) is 14.0. The third-order valence-corrected chi connectivity index (χ3v) is 4.37. The molecule has 2 heterocycles. The summed E-state index contributed by atoms with van der Waals surface area (Å²) in [4.78, 5) is 14.1. The van der Waals surface area contributed by atoms with Crippen LogP contribution in [0.15, 0.2) is 29.5 Å². The Labute approximate surface area is 89.3 Å². The van der Waals surface area contributed by atoms with Gasteiger partial charge in [0.15, 0.2) is 5.78 Å². The fraction of sp³-hybridized carbons (Fsp3) is 0. The van der Waals surface area contributed by atoms with Crippen molar-refractivity contribution in [2.24, 2.45) is 0 Å². The molecule has 0 N–H and O–H groups in total. The van der Waals surface area contributed by atoms with E-state index in [1.807, 2.05) is 22.9 Å². The average molecular weight is 218 g/mol. The van der Waals surface area contributed by atoms with Crippen LogP contribution in [0.3, 0.4) is 0 Å². The number of allylic oxidation sites excluding steroid dienone is 1. The van der Waals surface area contributed by atoms with Gasteiger partial charge in [0.2, 0.25) is 0 Å². The van der Waals surface area contributed by atoms with Crippen molar-refractivity contribution >= 4 is 34.0 Å². The Hall–Kier alpha value is -1.19. The van der Waals surface area contributed by atoms with Gasteiger partial charge in [-0.3, -0.25) is 4.79 Å². The van der Waals surface area contributed by atoms with Crippen molar-refractivity contribution < 1.29 is 4.79 Å². The highest BCUT2D eigenvalue weighted by Crippen LogP contribution is 2.44. The topological polar surface area (TPSA) is 17.1 Å². The van der Waals surface area contributed by atoms with Gasteiger partial charge in [-0.1, -0.05) is 6.58 Å². The zero-order valence-electron chi connectivity index (χ0n) is 7.24. The van der Waals surface area contributed by atoms with Gasteiger partial charge < -0.3 is 0 Å². The van der Waals surface area contributed by atoms with Gasteiger partial charge in [-0.25, -0.2) is 0 Å². The second-order valence-corrected chi connectivity index (χ2v) is 4.97. The minimum atomic E-state index is 0.0761. The molecule has 14 heavy (non-hydrogen) atoms. The Morgan fingerprint density at radius 3 is 2.29 bits per heavy atom. The minimum Gasteiger partial charge on any atom is -0.289 e. The summed E-state index contributed by atoms with van der Waals surface area (Å²) in [6.07, 6.45) is 0. The third kappa shape index (κ3) is 0.859. The van der Waals surface area contributed by atoms with Crippen LogP contribution in [0.2, 0.25) is 0 Å². The van der Waals surface area contributed by atoms with Crippen molar-refractivity contribution in [2.45, 2.75) is 0 Å². The first-order chi connectivity index (χ1) is 6.79. The maximum absolute atomic E-state index is 11.9. The molecule has 0 aromatic carbocycles. The molecule has 0 saturated heterocycles. The molecule has 2 aromatic heterocycles. The Morgan fingerprint density at radius 2 is 1.57 bits per heavy atom. The van der Waals surface area contributed by atoms with Crippen molar-refractivity contribution in [3.05, 3.63) is 40.6 Å². The van der Waals surface area contributed by atoms with Crippen molar-refractivity contribution in [3.63, 3.8) is 0 Å². The Kier molecular flexibility index (Phi) is 1.54. The third-order valence-electron chi connectivity index (χ3n) is 2.38. The molecule has 2 aromatic rings. The highest BCUT2D eigenvalue weighted by Gasteiger charge is 2.27. The SMILES string of the molecule is C=C1C(=O)c2ccsc2-c2sccc21. The molecule has 68 valence electrons. The number of thiophene rings is 2. The molecule has 3 rings (SSSR count). The first-order valence-corrected chi connectivity index (χ1v) is 5.94. The van der Waals surface area contributed by atoms with Gasteiger partial charge in [-0.05, 0) is 22.9 Å². The lowest BCUT2D eigenvalue weighted by Gasteiger charge is -2.12. The molecule has 0 fully saturated rings. The van der Waals surface area contributed by atoms with Crippen LogP contribution in [0.25, 0.3) is 15.3 Å². The number of fused-ring (bicyclic) bond motifs is 3. The van der Waals surface area contributed by atoms with Crippen molar-refractivity contribution in [1.82, 2.24) is 0 Å². The quantitative estimate of drug-likeness (QED) is 0.616. The first kappa shape index (κ1) is 8.15. The molecular weight excluding hydrogens is 212 g/mol. The molecule has 3 heteroatoms. The summed E-state index contributed by atoms with van der Waals surface area (Å²) >= 11 is 3.30. The molecule has 0 saturated carbocycles. The Balaban J connectivity index is 2.43. The standard InChI is InChI=1S/C11H6OS2/c1-6-7-2-4-13-10(7)11-8(9(6)12)3-5-14-11/h2-5H,1H2. The summed E-state index contributed by atoms with van der Waals surface area (Å²) in [5.74, 6) is 0.0761. The summed E-state index contributed by atoms with van der Waals surface area (Å²) in [6, 6.07) is 3.86. The van der Waals surface area contributed by atoms with Crippen molar-refractivity contribution in [2.75, 3.05) is 0 Å². The van der Waals surface area contributed by atoms with E-state index in [0.29, 0.717) is 5.57 Å².